The van der Waals surface area contributed by atoms with Crippen LogP contribution in [-0.4, -0.2) is 35.0 Å². The molecule has 0 saturated carbocycles. The molecular formula is C23H22O9S2. The van der Waals surface area contributed by atoms with Crippen molar-refractivity contribution in [2.45, 2.75) is 18.4 Å². The van der Waals surface area contributed by atoms with Gasteiger partial charge in [-0.05, 0) is 18.1 Å². The molecule has 1 N–H and O–H groups in total. The first-order chi connectivity index (χ1) is 16.0. The maximum atomic E-state index is 12.7. The molecule has 0 bridgehead atoms. The Morgan fingerprint density at radius 1 is 0.794 bits per heavy atom. The van der Waals surface area contributed by atoms with Crippen LogP contribution in [0.25, 0.3) is 0 Å². The Labute approximate surface area is 197 Å². The standard InChI is InChI=1S/C23H22O9S2/c1-16-19(31-33(26,27)14-17-9-5-3-6-10-17)13-20(21(23(24)25)22(16)30-2)32-34(28,29)15-18-11-7-4-8-12-18/h3-13H,14-15H2,1-2H3,(H,24,25). The van der Waals surface area contributed by atoms with Gasteiger partial charge in [-0.15, -0.1) is 0 Å². The van der Waals surface area contributed by atoms with Gasteiger partial charge in [-0.2, -0.15) is 16.8 Å². The van der Waals surface area contributed by atoms with Crippen LogP contribution in [0.3, 0.4) is 0 Å². The van der Waals surface area contributed by atoms with Crippen LogP contribution in [0.15, 0.2) is 66.7 Å². The van der Waals surface area contributed by atoms with Crippen molar-refractivity contribution in [2.75, 3.05) is 7.11 Å². The van der Waals surface area contributed by atoms with Gasteiger partial charge in [0.2, 0.25) is 0 Å². The number of hydrogen-bond acceptors (Lipinski definition) is 8. The molecule has 0 radical (unpaired) electrons. The minimum absolute atomic E-state index is 0.0457. The van der Waals surface area contributed by atoms with E-state index >= 15 is 0 Å². The maximum Gasteiger partial charge on any atom is 0.343 e. The van der Waals surface area contributed by atoms with E-state index in [-0.39, 0.29) is 17.1 Å². The van der Waals surface area contributed by atoms with Crippen LogP contribution in [0.1, 0.15) is 27.0 Å². The summed E-state index contributed by atoms with van der Waals surface area (Å²) in [5, 5.41) is 9.69. The summed E-state index contributed by atoms with van der Waals surface area (Å²) >= 11 is 0. The highest BCUT2D eigenvalue weighted by atomic mass is 32.2. The number of methoxy groups -OCH3 is 1. The molecular weight excluding hydrogens is 484 g/mol. The molecule has 0 aliphatic rings. The molecule has 0 atom stereocenters. The highest BCUT2D eigenvalue weighted by molar-refractivity contribution is 7.86. The van der Waals surface area contributed by atoms with Crippen LogP contribution in [0.2, 0.25) is 0 Å². The number of aromatic carboxylic acids is 1. The van der Waals surface area contributed by atoms with E-state index in [1.54, 1.807) is 60.7 Å². The highest BCUT2D eigenvalue weighted by Crippen LogP contribution is 2.40. The minimum Gasteiger partial charge on any atom is -0.495 e. The summed E-state index contributed by atoms with van der Waals surface area (Å²) in [6.07, 6.45) is 0. The van der Waals surface area contributed by atoms with E-state index in [0.717, 1.165) is 6.07 Å². The Morgan fingerprint density at radius 2 is 1.24 bits per heavy atom. The summed E-state index contributed by atoms with van der Waals surface area (Å²) in [5.74, 6) is -3.75. The van der Waals surface area contributed by atoms with Gasteiger partial charge in [0.1, 0.15) is 22.8 Å². The monoisotopic (exact) mass is 506 g/mol. The summed E-state index contributed by atoms with van der Waals surface area (Å²) < 4.78 is 66.1. The van der Waals surface area contributed by atoms with Crippen molar-refractivity contribution in [3.63, 3.8) is 0 Å². The van der Waals surface area contributed by atoms with Crippen LogP contribution >= 0.6 is 0 Å². The van der Waals surface area contributed by atoms with E-state index in [1.807, 2.05) is 0 Å². The normalized spacial score (nSPS) is 11.6. The summed E-state index contributed by atoms with van der Waals surface area (Å²) in [5.41, 5.74) is 0.352. The molecule has 0 saturated heterocycles. The Morgan fingerprint density at radius 3 is 1.65 bits per heavy atom. The minimum atomic E-state index is -4.31. The van der Waals surface area contributed by atoms with Crippen LogP contribution in [-0.2, 0) is 31.7 Å². The van der Waals surface area contributed by atoms with Crippen molar-refractivity contribution < 1.29 is 39.8 Å². The van der Waals surface area contributed by atoms with E-state index < -0.39 is 49.0 Å². The van der Waals surface area contributed by atoms with E-state index in [0.29, 0.717) is 11.1 Å². The Hall–Kier alpha value is -3.57. The summed E-state index contributed by atoms with van der Waals surface area (Å²) in [6.45, 7) is 1.39. The van der Waals surface area contributed by atoms with E-state index in [2.05, 4.69) is 0 Å². The number of hydrogen-bond donors (Lipinski definition) is 1. The molecule has 3 aromatic carbocycles. The van der Waals surface area contributed by atoms with Crippen LogP contribution in [0, 0.1) is 6.92 Å². The summed E-state index contributed by atoms with van der Waals surface area (Å²) in [7, 11) is -7.33. The van der Waals surface area contributed by atoms with Crippen LogP contribution in [0.4, 0.5) is 0 Å². The van der Waals surface area contributed by atoms with Crippen molar-refractivity contribution in [2.24, 2.45) is 0 Å². The smallest absolute Gasteiger partial charge is 0.343 e. The van der Waals surface area contributed by atoms with Gasteiger partial charge in [0, 0.05) is 11.6 Å². The zero-order valence-electron chi connectivity index (χ0n) is 18.3. The highest BCUT2D eigenvalue weighted by Gasteiger charge is 2.29. The van der Waals surface area contributed by atoms with E-state index in [9.17, 15) is 26.7 Å². The average molecular weight is 507 g/mol. The lowest BCUT2D eigenvalue weighted by Gasteiger charge is -2.18. The lowest BCUT2D eigenvalue weighted by Crippen LogP contribution is -2.17. The van der Waals surface area contributed by atoms with Crippen molar-refractivity contribution in [1.82, 2.24) is 0 Å². The fraction of sp³-hybridized carbons (Fsp3) is 0.174. The molecule has 0 aromatic heterocycles. The predicted octanol–water partition coefficient (Wildman–Crippen LogP) is 3.52. The van der Waals surface area contributed by atoms with E-state index in [1.165, 1.54) is 14.0 Å². The number of ether oxygens (including phenoxy) is 1. The van der Waals surface area contributed by atoms with Gasteiger partial charge in [-0.1, -0.05) is 60.7 Å². The topological polar surface area (TPSA) is 133 Å². The largest absolute Gasteiger partial charge is 0.495 e. The molecule has 3 aromatic rings. The molecule has 9 nitrogen and oxygen atoms in total. The third kappa shape index (κ3) is 6.27. The molecule has 0 unspecified atom stereocenters. The zero-order valence-corrected chi connectivity index (χ0v) is 19.9. The first-order valence-corrected chi connectivity index (χ1v) is 13.0. The molecule has 11 heteroatoms. The number of rotatable bonds is 10. The molecule has 0 aliphatic heterocycles. The SMILES string of the molecule is COc1c(C)c(OS(=O)(=O)Cc2ccccc2)cc(OS(=O)(=O)Cc2ccccc2)c1C(=O)O. The number of carbonyl (C=O) groups is 1. The lowest BCUT2D eigenvalue weighted by atomic mass is 10.1. The third-order valence-corrected chi connectivity index (χ3v) is 6.91. The van der Waals surface area contributed by atoms with Gasteiger partial charge in [-0.3, -0.25) is 0 Å². The Kier molecular flexibility index (Phi) is 7.48. The Balaban J connectivity index is 2.01. The fourth-order valence-corrected chi connectivity index (χ4v) is 5.38. The lowest BCUT2D eigenvalue weighted by molar-refractivity contribution is 0.0691. The molecule has 0 amide bonds. The summed E-state index contributed by atoms with van der Waals surface area (Å²) in [6, 6.07) is 17.3. The van der Waals surface area contributed by atoms with Crippen molar-refractivity contribution in [1.29, 1.82) is 0 Å². The first kappa shape index (κ1) is 25.1. The second-order valence-electron chi connectivity index (χ2n) is 7.25. The second-order valence-corrected chi connectivity index (χ2v) is 10.4. The van der Waals surface area contributed by atoms with Gasteiger partial charge in [-0.25, -0.2) is 4.79 Å². The maximum absolute atomic E-state index is 12.7. The number of carboxylic acids is 1. The quantitative estimate of drug-likeness (QED) is 0.410. The molecule has 0 spiro atoms. The van der Waals surface area contributed by atoms with Crippen molar-refractivity contribution in [3.8, 4) is 17.2 Å². The van der Waals surface area contributed by atoms with Crippen molar-refractivity contribution in [3.05, 3.63) is 89.0 Å². The van der Waals surface area contributed by atoms with Gasteiger partial charge in [0.25, 0.3) is 0 Å². The van der Waals surface area contributed by atoms with Gasteiger partial charge >= 0.3 is 26.2 Å². The molecule has 180 valence electrons. The first-order valence-electron chi connectivity index (χ1n) is 9.88. The van der Waals surface area contributed by atoms with Gasteiger partial charge in [0.05, 0.1) is 7.11 Å². The van der Waals surface area contributed by atoms with E-state index in [4.69, 9.17) is 13.1 Å². The predicted molar refractivity (Wildman–Crippen MR) is 124 cm³/mol. The molecule has 0 fully saturated rings. The second kappa shape index (κ2) is 10.1. The summed E-state index contributed by atoms with van der Waals surface area (Å²) in [4.78, 5) is 11.9. The molecule has 0 aliphatic carbocycles. The Bertz CT molecular complexity index is 1380. The molecule has 34 heavy (non-hydrogen) atoms. The average Bonchev–Trinajstić information content (AvgIpc) is 2.75. The van der Waals surface area contributed by atoms with Gasteiger partial charge in [0.15, 0.2) is 11.5 Å². The zero-order chi connectivity index (χ0) is 24.9. The molecule has 0 heterocycles. The third-order valence-electron chi connectivity index (χ3n) is 4.67. The number of benzene rings is 3. The fourth-order valence-electron chi connectivity index (χ4n) is 3.21. The van der Waals surface area contributed by atoms with Crippen LogP contribution in [0.5, 0.6) is 17.2 Å². The number of carboxylic acid groups (broad SMARTS) is 1. The van der Waals surface area contributed by atoms with Crippen molar-refractivity contribution >= 4 is 26.2 Å². The van der Waals surface area contributed by atoms with Gasteiger partial charge < -0.3 is 18.2 Å². The molecule has 3 rings (SSSR count). The van der Waals surface area contributed by atoms with Crippen LogP contribution < -0.4 is 13.1 Å².